The first kappa shape index (κ1) is 14.8. The van der Waals surface area contributed by atoms with Crippen molar-refractivity contribution in [2.75, 3.05) is 19.8 Å². The predicted molar refractivity (Wildman–Crippen MR) is 79.0 cm³/mol. The Balaban J connectivity index is 1.76. The first-order valence-electron chi connectivity index (χ1n) is 7.80. The molecule has 0 radical (unpaired) electrons. The van der Waals surface area contributed by atoms with E-state index in [4.69, 9.17) is 4.74 Å². The van der Waals surface area contributed by atoms with Crippen molar-refractivity contribution in [2.24, 2.45) is 5.92 Å². The number of aromatic hydroxyl groups is 1. The molecular formula is C16H24N2O3. The summed E-state index contributed by atoms with van der Waals surface area (Å²) in [6, 6.07) is 3.74. The summed E-state index contributed by atoms with van der Waals surface area (Å²) < 4.78 is 5.63. The van der Waals surface area contributed by atoms with Crippen LogP contribution in [0.1, 0.15) is 30.7 Å². The Labute approximate surface area is 125 Å². The van der Waals surface area contributed by atoms with Gasteiger partial charge in [-0.2, -0.15) is 0 Å². The highest BCUT2D eigenvalue weighted by molar-refractivity contribution is 5.27. The van der Waals surface area contributed by atoms with Gasteiger partial charge in [0, 0.05) is 30.7 Å². The minimum atomic E-state index is -0.224. The molecule has 2 fully saturated rings. The molecule has 0 bridgehead atoms. The van der Waals surface area contributed by atoms with Crippen molar-refractivity contribution >= 4 is 0 Å². The summed E-state index contributed by atoms with van der Waals surface area (Å²) in [5.41, 5.74) is 1.63. The number of aryl methyl sites for hydroxylation is 1. The summed E-state index contributed by atoms with van der Waals surface area (Å²) in [6.07, 6.45) is 2.81. The topological polar surface area (TPSA) is 65.8 Å². The van der Waals surface area contributed by atoms with Crippen LogP contribution in [0.4, 0.5) is 0 Å². The fourth-order valence-electron chi connectivity index (χ4n) is 3.58. The molecule has 0 spiro atoms. The third kappa shape index (κ3) is 3.20. The summed E-state index contributed by atoms with van der Waals surface area (Å²) in [5, 5.41) is 20.2. The molecule has 3 rings (SSSR count). The van der Waals surface area contributed by atoms with E-state index >= 15 is 0 Å². The number of morpholine rings is 1. The molecule has 1 aliphatic heterocycles. The molecule has 5 heteroatoms. The second-order valence-corrected chi connectivity index (χ2v) is 6.19. The molecule has 0 amide bonds. The van der Waals surface area contributed by atoms with E-state index in [-0.39, 0.29) is 23.8 Å². The maximum absolute atomic E-state index is 10.2. The highest BCUT2D eigenvalue weighted by Crippen LogP contribution is 2.33. The van der Waals surface area contributed by atoms with Gasteiger partial charge in [0.2, 0.25) is 0 Å². The van der Waals surface area contributed by atoms with E-state index in [1.165, 1.54) is 0 Å². The fourth-order valence-corrected chi connectivity index (χ4v) is 3.58. The van der Waals surface area contributed by atoms with Gasteiger partial charge >= 0.3 is 0 Å². The minimum absolute atomic E-state index is 0.220. The lowest BCUT2D eigenvalue weighted by Crippen LogP contribution is -2.50. The second-order valence-electron chi connectivity index (χ2n) is 6.19. The Hall–Kier alpha value is -1.17. The van der Waals surface area contributed by atoms with Gasteiger partial charge in [-0.1, -0.05) is 6.42 Å². The van der Waals surface area contributed by atoms with Crippen LogP contribution in [0.3, 0.4) is 0 Å². The van der Waals surface area contributed by atoms with Crippen LogP contribution in [0.2, 0.25) is 0 Å². The van der Waals surface area contributed by atoms with Gasteiger partial charge in [0.25, 0.3) is 0 Å². The Morgan fingerprint density at radius 3 is 3.00 bits per heavy atom. The quantitative estimate of drug-likeness (QED) is 0.883. The molecule has 1 saturated carbocycles. The number of hydrogen-bond acceptors (Lipinski definition) is 5. The number of aliphatic hydroxyl groups is 1. The molecule has 1 aromatic rings. The van der Waals surface area contributed by atoms with Gasteiger partial charge in [-0.15, -0.1) is 0 Å². The van der Waals surface area contributed by atoms with E-state index in [0.29, 0.717) is 19.8 Å². The Morgan fingerprint density at radius 2 is 2.24 bits per heavy atom. The second kappa shape index (κ2) is 6.30. The Bertz CT molecular complexity index is 494. The fraction of sp³-hybridized carbons (Fsp3) is 0.688. The molecule has 5 nitrogen and oxygen atoms in total. The lowest BCUT2D eigenvalue weighted by Gasteiger charge is -2.40. The highest BCUT2D eigenvalue weighted by atomic mass is 16.5. The molecular weight excluding hydrogens is 268 g/mol. The van der Waals surface area contributed by atoms with Crippen LogP contribution in [0.5, 0.6) is 5.75 Å². The zero-order valence-electron chi connectivity index (χ0n) is 12.5. The number of hydrogen-bond donors (Lipinski definition) is 2. The molecule has 21 heavy (non-hydrogen) atoms. The van der Waals surface area contributed by atoms with Crippen molar-refractivity contribution in [3.63, 3.8) is 0 Å². The standard InChI is InChI=1S/C16H24N2O3/c1-11-5-6-16(20)13(17-11)9-18-7-8-21-10-14(18)12-3-2-4-15(12)19/h5-6,12,14-15,19-20H,2-4,7-10H2,1H3/t12-,14+,15+/m0/s1. The first-order chi connectivity index (χ1) is 10.1. The summed E-state index contributed by atoms with van der Waals surface area (Å²) in [7, 11) is 0. The molecule has 3 atom stereocenters. The number of nitrogens with zero attached hydrogens (tertiary/aromatic N) is 2. The van der Waals surface area contributed by atoms with Gasteiger partial charge in [0.05, 0.1) is 25.0 Å². The molecule has 2 aliphatic rings. The van der Waals surface area contributed by atoms with Crippen LogP contribution < -0.4 is 0 Å². The summed E-state index contributed by atoms with van der Waals surface area (Å²) in [5.74, 6) is 0.523. The lowest BCUT2D eigenvalue weighted by atomic mass is 9.94. The van der Waals surface area contributed by atoms with Crippen molar-refractivity contribution < 1.29 is 14.9 Å². The Morgan fingerprint density at radius 1 is 1.38 bits per heavy atom. The van der Waals surface area contributed by atoms with E-state index in [9.17, 15) is 10.2 Å². The van der Waals surface area contributed by atoms with Crippen molar-refractivity contribution in [1.29, 1.82) is 0 Å². The molecule has 116 valence electrons. The summed E-state index contributed by atoms with van der Waals surface area (Å²) >= 11 is 0. The van der Waals surface area contributed by atoms with Crippen LogP contribution >= 0.6 is 0 Å². The molecule has 1 aromatic heterocycles. The summed E-state index contributed by atoms with van der Waals surface area (Å²) in [4.78, 5) is 6.76. The zero-order valence-corrected chi connectivity index (χ0v) is 12.5. The Kier molecular flexibility index (Phi) is 4.42. The van der Waals surface area contributed by atoms with Crippen molar-refractivity contribution in [2.45, 2.75) is 44.9 Å². The van der Waals surface area contributed by atoms with Gasteiger partial charge < -0.3 is 14.9 Å². The minimum Gasteiger partial charge on any atom is -0.506 e. The van der Waals surface area contributed by atoms with Crippen molar-refractivity contribution in [1.82, 2.24) is 9.88 Å². The number of aliphatic hydroxyl groups excluding tert-OH is 1. The SMILES string of the molecule is Cc1ccc(O)c(CN2CCOC[C@@H]2[C@@H]2CCC[C@H]2O)n1. The van der Waals surface area contributed by atoms with Crippen molar-refractivity contribution in [3.8, 4) is 5.75 Å². The van der Waals surface area contributed by atoms with Gasteiger partial charge in [-0.05, 0) is 31.9 Å². The maximum atomic E-state index is 10.2. The predicted octanol–water partition coefficient (Wildman–Crippen LogP) is 1.46. The van der Waals surface area contributed by atoms with Crippen LogP contribution in [-0.4, -0.2) is 52.0 Å². The van der Waals surface area contributed by atoms with Gasteiger partial charge in [-0.3, -0.25) is 9.88 Å². The largest absolute Gasteiger partial charge is 0.506 e. The van der Waals surface area contributed by atoms with E-state index in [0.717, 1.165) is 37.2 Å². The molecule has 2 N–H and O–H groups in total. The molecule has 0 aromatic carbocycles. The normalized spacial score (nSPS) is 30.7. The number of rotatable bonds is 3. The van der Waals surface area contributed by atoms with E-state index in [2.05, 4.69) is 9.88 Å². The van der Waals surface area contributed by atoms with Gasteiger partial charge in [0.1, 0.15) is 5.75 Å². The zero-order chi connectivity index (χ0) is 14.8. The van der Waals surface area contributed by atoms with E-state index in [1.807, 2.05) is 13.0 Å². The smallest absolute Gasteiger partial charge is 0.138 e. The van der Waals surface area contributed by atoms with Crippen LogP contribution in [-0.2, 0) is 11.3 Å². The van der Waals surface area contributed by atoms with Crippen LogP contribution in [0, 0.1) is 12.8 Å². The van der Waals surface area contributed by atoms with E-state index < -0.39 is 0 Å². The third-order valence-electron chi connectivity index (χ3n) is 4.75. The molecule has 2 heterocycles. The van der Waals surface area contributed by atoms with Gasteiger partial charge in [0.15, 0.2) is 0 Å². The van der Waals surface area contributed by atoms with Gasteiger partial charge in [-0.25, -0.2) is 0 Å². The average molecular weight is 292 g/mol. The monoisotopic (exact) mass is 292 g/mol. The molecule has 1 saturated heterocycles. The average Bonchev–Trinajstić information content (AvgIpc) is 2.90. The highest BCUT2D eigenvalue weighted by Gasteiger charge is 2.37. The van der Waals surface area contributed by atoms with Crippen LogP contribution in [0.15, 0.2) is 12.1 Å². The number of aromatic nitrogens is 1. The van der Waals surface area contributed by atoms with Crippen molar-refractivity contribution in [3.05, 3.63) is 23.5 Å². The number of pyridine rings is 1. The summed E-state index contributed by atoms with van der Waals surface area (Å²) in [6.45, 7) is 4.73. The first-order valence-corrected chi connectivity index (χ1v) is 7.80. The third-order valence-corrected chi connectivity index (χ3v) is 4.75. The van der Waals surface area contributed by atoms with Crippen LogP contribution in [0.25, 0.3) is 0 Å². The molecule has 0 unspecified atom stereocenters. The van der Waals surface area contributed by atoms with E-state index in [1.54, 1.807) is 6.07 Å². The number of ether oxygens (including phenoxy) is 1. The molecule has 1 aliphatic carbocycles. The maximum Gasteiger partial charge on any atom is 0.138 e. The lowest BCUT2D eigenvalue weighted by molar-refractivity contribution is -0.0542.